The van der Waals surface area contributed by atoms with Gasteiger partial charge in [-0.2, -0.15) is 0 Å². The van der Waals surface area contributed by atoms with Gasteiger partial charge in [0.1, 0.15) is 14.1 Å². The molecule has 5 unspecified atom stereocenters. The van der Waals surface area contributed by atoms with Crippen LogP contribution in [0.3, 0.4) is 0 Å². The van der Waals surface area contributed by atoms with Gasteiger partial charge in [-0.25, -0.2) is 4.79 Å². The third-order valence-electron chi connectivity index (χ3n) is 9.44. The van der Waals surface area contributed by atoms with Crippen molar-refractivity contribution in [3.63, 3.8) is 0 Å². The van der Waals surface area contributed by atoms with E-state index in [1.807, 2.05) is 11.0 Å². The number of nitrogens with one attached hydrogen (secondary N) is 1. The van der Waals surface area contributed by atoms with Crippen molar-refractivity contribution >= 4 is 20.2 Å². The number of allylic oxidation sites excluding steroid dienone is 6. The number of carbonyl (C=O) groups excluding carboxylic acids is 2. The molecule has 0 aromatic rings. The van der Waals surface area contributed by atoms with E-state index in [1.165, 1.54) is 11.1 Å². The predicted molar refractivity (Wildman–Crippen MR) is 133 cm³/mol. The molecule has 33 heavy (non-hydrogen) atoms. The van der Waals surface area contributed by atoms with Crippen LogP contribution in [0.1, 0.15) is 53.4 Å². The second-order valence-corrected chi connectivity index (χ2v) is 12.0. The van der Waals surface area contributed by atoms with Gasteiger partial charge in [0, 0.05) is 24.5 Å². The van der Waals surface area contributed by atoms with Gasteiger partial charge in [-0.3, -0.25) is 0 Å². The topological polar surface area (TPSA) is 49.4 Å². The van der Waals surface area contributed by atoms with Gasteiger partial charge < -0.3 is 15.0 Å². The first-order chi connectivity index (χ1) is 15.6. The molecular formula is C28H37BN2O2. The molecule has 1 N–H and O–H groups in total. The maximum atomic E-state index is 13.3. The number of urea groups is 1. The summed E-state index contributed by atoms with van der Waals surface area (Å²) < 4.78 is 0. The standard InChI is InChI=1S/C28H37BN2O2/c1-17-12-19-14-20(19)13-18(2)25(17)30-26(33)31-10-8-28(9-11-31)15-22(27(3,4)16-32)21-6-5-7-23(29)24(21)28/h5-7,12-13,16-18,21-22,24-25H,8-11,14-15H2,1-4H3,(H,30,33). The molecule has 1 heterocycles. The van der Waals surface area contributed by atoms with Crippen molar-refractivity contribution in [3.05, 3.63) is 47.0 Å². The molecule has 3 fully saturated rings. The number of nitrogens with zero attached hydrogens (tertiary/aromatic N) is 1. The van der Waals surface area contributed by atoms with Gasteiger partial charge in [0.15, 0.2) is 0 Å². The molecule has 4 nitrogen and oxygen atoms in total. The molecule has 2 saturated carbocycles. The molecule has 5 atom stereocenters. The van der Waals surface area contributed by atoms with Crippen molar-refractivity contribution in [1.82, 2.24) is 10.2 Å². The van der Waals surface area contributed by atoms with Crippen LogP contribution in [0.2, 0.25) is 0 Å². The van der Waals surface area contributed by atoms with Crippen LogP contribution in [0.25, 0.3) is 0 Å². The van der Waals surface area contributed by atoms with Gasteiger partial charge in [-0.1, -0.05) is 58.1 Å². The Balaban J connectivity index is 1.28. The number of hydrogen-bond acceptors (Lipinski definition) is 2. The molecular weight excluding hydrogens is 407 g/mol. The fraction of sp³-hybridized carbons (Fsp3) is 0.643. The number of likely N-dealkylation sites (tertiary alicyclic amines) is 1. The van der Waals surface area contributed by atoms with Crippen molar-refractivity contribution < 1.29 is 9.59 Å². The maximum Gasteiger partial charge on any atom is 0.317 e. The number of amides is 2. The highest BCUT2D eigenvalue weighted by Gasteiger charge is 2.57. The first-order valence-corrected chi connectivity index (χ1v) is 12.7. The van der Waals surface area contributed by atoms with Crippen LogP contribution < -0.4 is 5.32 Å². The Morgan fingerprint density at radius 2 is 1.82 bits per heavy atom. The molecule has 2 radical (unpaired) electrons. The number of piperidine rings is 1. The molecule has 4 aliphatic carbocycles. The van der Waals surface area contributed by atoms with E-state index in [0.717, 1.165) is 50.5 Å². The lowest BCUT2D eigenvalue weighted by molar-refractivity contribution is -0.117. The van der Waals surface area contributed by atoms with Gasteiger partial charge in [0.25, 0.3) is 0 Å². The quantitative estimate of drug-likeness (QED) is 0.503. The molecule has 2 amide bonds. The van der Waals surface area contributed by atoms with Gasteiger partial charge in [0.05, 0.1) is 0 Å². The second-order valence-electron chi connectivity index (χ2n) is 12.0. The maximum absolute atomic E-state index is 13.3. The van der Waals surface area contributed by atoms with E-state index in [2.05, 4.69) is 57.3 Å². The van der Waals surface area contributed by atoms with Crippen LogP contribution in [0.15, 0.2) is 47.0 Å². The molecule has 5 rings (SSSR count). The summed E-state index contributed by atoms with van der Waals surface area (Å²) in [6.45, 7) is 10.1. The number of aldehydes is 1. The Bertz CT molecular complexity index is 942. The highest BCUT2D eigenvalue weighted by molar-refractivity contribution is 6.22. The number of rotatable bonds is 3. The van der Waals surface area contributed by atoms with Crippen LogP contribution in [0.5, 0.6) is 0 Å². The fourth-order valence-corrected chi connectivity index (χ4v) is 7.39. The average Bonchev–Trinajstić information content (AvgIpc) is 3.43. The summed E-state index contributed by atoms with van der Waals surface area (Å²) in [4.78, 5) is 27.2. The van der Waals surface area contributed by atoms with Crippen molar-refractivity contribution in [3.8, 4) is 0 Å². The molecule has 1 aliphatic heterocycles. The Morgan fingerprint density at radius 3 is 2.42 bits per heavy atom. The van der Waals surface area contributed by atoms with Gasteiger partial charge >= 0.3 is 6.03 Å². The highest BCUT2D eigenvalue weighted by Crippen LogP contribution is 2.62. The minimum atomic E-state index is -0.377. The SMILES string of the molecule is [B]C1=CC=CC2C(C(C)(C)C=O)CC3(CCN(C(=O)NC4C(C)C=C5CC5=CC4C)CC3)C12. The van der Waals surface area contributed by atoms with Crippen LogP contribution in [-0.4, -0.2) is 44.2 Å². The number of carbonyl (C=O) groups is 2. The summed E-state index contributed by atoms with van der Waals surface area (Å²) in [6, 6.07) is 0.198. The van der Waals surface area contributed by atoms with E-state index in [0.29, 0.717) is 17.8 Å². The highest BCUT2D eigenvalue weighted by atomic mass is 16.2. The number of hydrogen-bond donors (Lipinski definition) is 1. The molecule has 0 aromatic heterocycles. The molecule has 174 valence electrons. The van der Waals surface area contributed by atoms with Crippen molar-refractivity contribution in [1.29, 1.82) is 0 Å². The zero-order valence-corrected chi connectivity index (χ0v) is 20.5. The Kier molecular flexibility index (Phi) is 5.53. The summed E-state index contributed by atoms with van der Waals surface area (Å²) in [5, 5.41) is 3.36. The first-order valence-electron chi connectivity index (χ1n) is 12.7. The van der Waals surface area contributed by atoms with E-state index in [-0.39, 0.29) is 34.7 Å². The van der Waals surface area contributed by atoms with Crippen molar-refractivity contribution in [2.45, 2.75) is 59.4 Å². The fourth-order valence-electron chi connectivity index (χ4n) is 7.39. The minimum Gasteiger partial charge on any atom is -0.334 e. The van der Waals surface area contributed by atoms with Gasteiger partial charge in [-0.05, 0) is 71.8 Å². The van der Waals surface area contributed by atoms with Crippen LogP contribution in [0, 0.1) is 40.4 Å². The molecule has 1 spiro atoms. The summed E-state index contributed by atoms with van der Waals surface area (Å²) in [5.74, 6) is 1.53. The minimum absolute atomic E-state index is 0.0623. The lowest BCUT2D eigenvalue weighted by Crippen LogP contribution is -2.53. The van der Waals surface area contributed by atoms with E-state index < -0.39 is 0 Å². The average molecular weight is 444 g/mol. The second kappa shape index (κ2) is 8.03. The molecule has 0 aromatic carbocycles. The smallest absolute Gasteiger partial charge is 0.317 e. The number of fused-ring (bicyclic) bond motifs is 3. The lowest BCUT2D eigenvalue weighted by atomic mass is 9.61. The Morgan fingerprint density at radius 1 is 1.18 bits per heavy atom. The monoisotopic (exact) mass is 444 g/mol. The van der Waals surface area contributed by atoms with E-state index >= 15 is 0 Å². The largest absolute Gasteiger partial charge is 0.334 e. The van der Waals surface area contributed by atoms with E-state index in [9.17, 15) is 9.59 Å². The zero-order chi connectivity index (χ0) is 23.5. The summed E-state index contributed by atoms with van der Waals surface area (Å²) in [7, 11) is 6.57. The Labute approximate surface area is 200 Å². The van der Waals surface area contributed by atoms with Gasteiger partial charge in [0.2, 0.25) is 0 Å². The Hall–Kier alpha value is -2.04. The molecule has 1 saturated heterocycles. The van der Waals surface area contributed by atoms with E-state index in [4.69, 9.17) is 7.85 Å². The van der Waals surface area contributed by atoms with Crippen molar-refractivity contribution in [2.24, 2.45) is 40.4 Å². The lowest BCUT2D eigenvalue weighted by Gasteiger charge is -2.45. The summed E-state index contributed by atoms with van der Waals surface area (Å²) in [5.41, 5.74) is 3.56. The zero-order valence-electron chi connectivity index (χ0n) is 20.5. The van der Waals surface area contributed by atoms with Crippen molar-refractivity contribution in [2.75, 3.05) is 13.1 Å². The van der Waals surface area contributed by atoms with Gasteiger partial charge in [-0.15, -0.1) is 5.47 Å². The molecule has 5 heteroatoms. The van der Waals surface area contributed by atoms with Crippen LogP contribution in [0.4, 0.5) is 4.79 Å². The summed E-state index contributed by atoms with van der Waals surface area (Å²) in [6.07, 6.45) is 16.2. The predicted octanol–water partition coefficient (Wildman–Crippen LogP) is 4.79. The van der Waals surface area contributed by atoms with Crippen LogP contribution in [-0.2, 0) is 4.79 Å². The third-order valence-corrected chi connectivity index (χ3v) is 9.44. The molecule has 0 bridgehead atoms. The normalized spacial score (nSPS) is 36.7. The third kappa shape index (κ3) is 3.86. The molecule has 5 aliphatic rings. The van der Waals surface area contributed by atoms with Crippen LogP contribution >= 0.6 is 0 Å². The summed E-state index contributed by atoms with van der Waals surface area (Å²) >= 11 is 0. The van der Waals surface area contributed by atoms with E-state index in [1.54, 1.807) is 0 Å². The first kappa shape index (κ1) is 22.7.